The van der Waals surface area contributed by atoms with E-state index >= 15 is 0 Å². The number of rotatable bonds is 3. The molecule has 3 aromatic rings. The molecule has 0 radical (unpaired) electrons. The lowest BCUT2D eigenvalue weighted by atomic mass is 10.0. The smallest absolute Gasteiger partial charge is 0.207 e. The van der Waals surface area contributed by atoms with Crippen LogP contribution in [0.2, 0.25) is 0 Å². The van der Waals surface area contributed by atoms with Gasteiger partial charge in [0.05, 0.1) is 15.0 Å². The molecule has 4 rings (SSSR count). The summed E-state index contributed by atoms with van der Waals surface area (Å²) in [6, 6.07) is 21.1. The van der Waals surface area contributed by atoms with Crippen molar-refractivity contribution in [1.82, 2.24) is 4.31 Å². The van der Waals surface area contributed by atoms with Gasteiger partial charge in [-0.1, -0.05) is 82.8 Å². The van der Waals surface area contributed by atoms with Crippen LogP contribution in [-0.4, -0.2) is 16.8 Å². The molecular formula is C19H16INO2S. The van der Waals surface area contributed by atoms with Crippen molar-refractivity contribution < 1.29 is 8.42 Å². The molecule has 0 bridgehead atoms. The van der Waals surface area contributed by atoms with Crippen LogP contribution in [0.25, 0.3) is 10.8 Å². The quantitative estimate of drug-likeness (QED) is 0.253. The highest BCUT2D eigenvalue weighted by molar-refractivity contribution is 14.1. The fourth-order valence-corrected chi connectivity index (χ4v) is 6.68. The van der Waals surface area contributed by atoms with E-state index in [-0.39, 0.29) is 10.1 Å². The summed E-state index contributed by atoms with van der Waals surface area (Å²) in [5.74, 6) is 0. The van der Waals surface area contributed by atoms with Gasteiger partial charge in [-0.3, -0.25) is 0 Å². The number of aryl methyl sites for hydroxylation is 1. The van der Waals surface area contributed by atoms with Crippen molar-refractivity contribution in [3.63, 3.8) is 0 Å². The molecule has 3 aromatic carbocycles. The van der Waals surface area contributed by atoms with Gasteiger partial charge in [0.25, 0.3) is 0 Å². The third-order valence-corrected chi connectivity index (χ3v) is 7.96. The molecule has 3 atom stereocenters. The monoisotopic (exact) mass is 449 g/mol. The molecule has 0 amide bonds. The Morgan fingerprint density at radius 1 is 0.917 bits per heavy atom. The summed E-state index contributed by atoms with van der Waals surface area (Å²) >= 11 is 2.22. The van der Waals surface area contributed by atoms with Crippen molar-refractivity contribution in [3.05, 3.63) is 77.9 Å². The first-order valence-corrected chi connectivity index (χ1v) is 10.4. The highest BCUT2D eigenvalue weighted by Crippen LogP contribution is 2.52. The maximum atomic E-state index is 13.0. The normalized spacial score (nSPS) is 23.3. The van der Waals surface area contributed by atoms with Crippen LogP contribution in [-0.2, 0) is 10.0 Å². The molecule has 0 spiro atoms. The van der Waals surface area contributed by atoms with E-state index in [4.69, 9.17) is 0 Å². The molecule has 0 N–H and O–H groups in total. The fourth-order valence-electron chi connectivity index (χ4n) is 3.09. The van der Waals surface area contributed by atoms with E-state index in [1.807, 2.05) is 43.3 Å². The minimum Gasteiger partial charge on any atom is -0.207 e. The van der Waals surface area contributed by atoms with Gasteiger partial charge in [0.1, 0.15) is 0 Å². The standard InChI is InChI=1S/C19H16INO2S/c1-13-9-11-15(12-10-13)24(22,23)21-18(19(21)20)17-8-4-6-14-5-2-3-7-16(14)17/h2-12,18-19H,1H3/t18-,19-,21?/m1/s1. The molecule has 1 saturated heterocycles. The van der Waals surface area contributed by atoms with Gasteiger partial charge in [0.2, 0.25) is 10.0 Å². The zero-order valence-electron chi connectivity index (χ0n) is 13.1. The SMILES string of the molecule is Cc1ccc(S(=O)(=O)N2[C@H](c3cccc4ccccc34)[C@@H]2I)cc1. The molecular weight excluding hydrogens is 433 g/mol. The lowest BCUT2D eigenvalue weighted by Crippen LogP contribution is -2.13. The third kappa shape index (κ3) is 2.55. The highest BCUT2D eigenvalue weighted by atomic mass is 127. The van der Waals surface area contributed by atoms with E-state index in [0.29, 0.717) is 4.90 Å². The number of fused-ring (bicyclic) bond motifs is 1. The van der Waals surface area contributed by atoms with E-state index in [2.05, 4.69) is 40.8 Å². The summed E-state index contributed by atoms with van der Waals surface area (Å²) in [6.45, 7) is 1.95. The number of benzene rings is 3. The number of hydrogen-bond acceptors (Lipinski definition) is 2. The van der Waals surface area contributed by atoms with E-state index in [9.17, 15) is 8.42 Å². The lowest BCUT2D eigenvalue weighted by Gasteiger charge is -2.08. The van der Waals surface area contributed by atoms with E-state index < -0.39 is 10.0 Å². The van der Waals surface area contributed by atoms with E-state index in [1.54, 1.807) is 16.4 Å². The molecule has 0 aliphatic carbocycles. The molecule has 1 heterocycles. The van der Waals surface area contributed by atoms with E-state index in [1.165, 1.54) is 0 Å². The van der Waals surface area contributed by atoms with Gasteiger partial charge < -0.3 is 0 Å². The Labute approximate surface area is 155 Å². The van der Waals surface area contributed by atoms with Crippen LogP contribution >= 0.6 is 22.6 Å². The molecule has 5 heteroatoms. The van der Waals surface area contributed by atoms with Gasteiger partial charge in [0, 0.05) is 0 Å². The summed E-state index contributed by atoms with van der Waals surface area (Å²) in [7, 11) is -3.47. The van der Waals surface area contributed by atoms with Crippen LogP contribution in [0.15, 0.2) is 71.6 Å². The molecule has 1 fully saturated rings. The zero-order valence-corrected chi connectivity index (χ0v) is 16.0. The summed E-state index contributed by atoms with van der Waals surface area (Å²) in [5, 5.41) is 2.26. The second-order valence-electron chi connectivity index (χ2n) is 6.03. The summed E-state index contributed by atoms with van der Waals surface area (Å²) in [5.41, 5.74) is 2.12. The third-order valence-electron chi connectivity index (χ3n) is 4.43. The first-order chi connectivity index (χ1) is 11.5. The van der Waals surface area contributed by atoms with Crippen LogP contribution in [0, 0.1) is 6.92 Å². The van der Waals surface area contributed by atoms with Gasteiger partial charge in [0.15, 0.2) is 0 Å². The van der Waals surface area contributed by atoms with Crippen molar-refractivity contribution in [2.24, 2.45) is 0 Å². The molecule has 0 aromatic heterocycles. The van der Waals surface area contributed by atoms with Gasteiger partial charge in [-0.15, -0.1) is 0 Å². The molecule has 1 unspecified atom stereocenters. The average molecular weight is 449 g/mol. The Morgan fingerprint density at radius 3 is 2.33 bits per heavy atom. The van der Waals surface area contributed by atoms with E-state index in [0.717, 1.165) is 21.9 Å². The highest BCUT2D eigenvalue weighted by Gasteiger charge is 2.55. The largest absolute Gasteiger partial charge is 0.244 e. The molecule has 1 aliphatic heterocycles. The minimum absolute atomic E-state index is 0.0558. The lowest BCUT2D eigenvalue weighted by molar-refractivity contribution is 0.554. The Morgan fingerprint density at radius 2 is 1.58 bits per heavy atom. The van der Waals surface area contributed by atoms with Crippen LogP contribution in [0.4, 0.5) is 0 Å². The predicted octanol–water partition coefficient (Wildman–Crippen LogP) is 4.65. The van der Waals surface area contributed by atoms with Crippen molar-refractivity contribution in [1.29, 1.82) is 0 Å². The second kappa shape index (κ2) is 5.82. The summed E-state index contributed by atoms with van der Waals surface area (Å²) < 4.78 is 27.5. The molecule has 24 heavy (non-hydrogen) atoms. The maximum absolute atomic E-state index is 13.0. The average Bonchev–Trinajstić information content (AvgIpc) is 3.26. The maximum Gasteiger partial charge on any atom is 0.244 e. The van der Waals surface area contributed by atoms with Crippen molar-refractivity contribution in [3.8, 4) is 0 Å². The van der Waals surface area contributed by atoms with Crippen LogP contribution < -0.4 is 0 Å². The number of halogens is 1. The van der Waals surface area contributed by atoms with Gasteiger partial charge >= 0.3 is 0 Å². The number of sulfonamides is 1. The summed E-state index contributed by atoms with van der Waals surface area (Å²) in [4.78, 5) is 0.359. The van der Waals surface area contributed by atoms with Gasteiger partial charge in [-0.25, -0.2) is 8.42 Å². The summed E-state index contributed by atoms with van der Waals surface area (Å²) in [6.07, 6.45) is 0. The zero-order chi connectivity index (χ0) is 16.9. The van der Waals surface area contributed by atoms with Crippen molar-refractivity contribution in [2.45, 2.75) is 21.9 Å². The number of alkyl halides is 1. The van der Waals surface area contributed by atoms with Crippen LogP contribution in [0.3, 0.4) is 0 Å². The van der Waals surface area contributed by atoms with Crippen molar-refractivity contribution >= 4 is 43.4 Å². The Balaban J connectivity index is 1.75. The van der Waals surface area contributed by atoms with Gasteiger partial charge in [-0.05, 0) is 35.4 Å². The Bertz CT molecular complexity index is 1010. The minimum atomic E-state index is -3.47. The number of nitrogens with zero attached hydrogens (tertiary/aromatic N) is 1. The topological polar surface area (TPSA) is 37.1 Å². The van der Waals surface area contributed by atoms with Crippen molar-refractivity contribution in [2.75, 3.05) is 0 Å². The Hall–Kier alpha value is -1.44. The first kappa shape index (κ1) is 16.1. The molecule has 0 saturated carbocycles. The molecule has 1 aliphatic rings. The predicted molar refractivity (Wildman–Crippen MR) is 105 cm³/mol. The Kier molecular flexibility index (Phi) is 3.89. The number of hydrogen-bond donors (Lipinski definition) is 0. The molecule has 3 nitrogen and oxygen atoms in total. The van der Waals surface area contributed by atoms with Crippen LogP contribution in [0.5, 0.6) is 0 Å². The molecule has 122 valence electrons. The first-order valence-electron chi connectivity index (χ1n) is 7.72. The van der Waals surface area contributed by atoms with Gasteiger partial charge in [-0.2, -0.15) is 4.31 Å². The van der Waals surface area contributed by atoms with Crippen LogP contribution in [0.1, 0.15) is 17.2 Å². The fraction of sp³-hybridized carbons (Fsp3) is 0.158. The second-order valence-corrected chi connectivity index (χ2v) is 9.15.